The highest BCUT2D eigenvalue weighted by Gasteiger charge is 2.33. The first kappa shape index (κ1) is 19.1. The number of hydrogen-bond donors (Lipinski definition) is 1. The number of aromatic nitrogens is 1. The molecular formula is C21H23N3O2S2. The van der Waals surface area contributed by atoms with Gasteiger partial charge in [0.2, 0.25) is 0 Å². The maximum Gasteiger partial charge on any atom is 0.170 e. The number of aliphatic imine (C=N–C) groups is 1. The summed E-state index contributed by atoms with van der Waals surface area (Å²) in [5.74, 6) is 0.629. The van der Waals surface area contributed by atoms with Crippen LogP contribution in [0.3, 0.4) is 0 Å². The Labute approximate surface area is 171 Å². The number of pyridine rings is 1. The third-order valence-corrected chi connectivity index (χ3v) is 7.99. The van der Waals surface area contributed by atoms with Gasteiger partial charge in [-0.05, 0) is 19.4 Å². The molecule has 4 rings (SSSR count). The predicted octanol–water partition coefficient (Wildman–Crippen LogP) is 4.73. The van der Waals surface area contributed by atoms with Gasteiger partial charge in [-0.3, -0.25) is 4.21 Å². The highest BCUT2D eigenvalue weighted by atomic mass is 32.2. The second-order valence-corrected chi connectivity index (χ2v) is 9.94. The molecule has 2 aromatic heterocycles. The summed E-state index contributed by atoms with van der Waals surface area (Å²) in [7, 11) is -1.10. The van der Waals surface area contributed by atoms with Crippen molar-refractivity contribution in [2.75, 3.05) is 18.1 Å². The van der Waals surface area contributed by atoms with E-state index in [1.54, 1.807) is 0 Å². The summed E-state index contributed by atoms with van der Waals surface area (Å²) in [4.78, 5) is 9.44. The van der Waals surface area contributed by atoms with Crippen molar-refractivity contribution in [2.24, 2.45) is 4.99 Å². The summed E-state index contributed by atoms with van der Waals surface area (Å²) in [6.07, 6.45) is 3.41. The van der Waals surface area contributed by atoms with Crippen LogP contribution < -0.4 is 5.73 Å². The fraction of sp³-hybridized carbons (Fsp3) is 0.333. The topological polar surface area (TPSA) is 77.6 Å². The molecule has 1 aliphatic rings. The smallest absolute Gasteiger partial charge is 0.170 e. The predicted molar refractivity (Wildman–Crippen MR) is 117 cm³/mol. The first-order chi connectivity index (χ1) is 13.5. The van der Waals surface area contributed by atoms with E-state index in [0.29, 0.717) is 18.0 Å². The van der Waals surface area contributed by atoms with E-state index < -0.39 is 16.3 Å². The third-order valence-electron chi connectivity index (χ3n) is 4.94. The molecule has 0 fully saturated rings. The van der Waals surface area contributed by atoms with E-state index in [1.807, 2.05) is 43.3 Å². The Morgan fingerprint density at radius 1 is 1.32 bits per heavy atom. The average molecular weight is 414 g/mol. The summed E-state index contributed by atoms with van der Waals surface area (Å²) in [5, 5.41) is 0.881. The average Bonchev–Trinajstić information content (AvgIpc) is 3.31. The van der Waals surface area contributed by atoms with Crippen LogP contribution in [0.5, 0.6) is 0 Å². The van der Waals surface area contributed by atoms with Gasteiger partial charge in [0.15, 0.2) is 6.40 Å². The van der Waals surface area contributed by atoms with E-state index in [4.69, 9.17) is 15.5 Å². The minimum Gasteiger partial charge on any atom is -0.481 e. The van der Waals surface area contributed by atoms with Gasteiger partial charge in [0.25, 0.3) is 0 Å². The number of nitrogen functional groups attached to an aromatic ring is 1. The van der Waals surface area contributed by atoms with Crippen molar-refractivity contribution in [1.82, 2.24) is 4.98 Å². The molecule has 5 nitrogen and oxygen atoms in total. The highest BCUT2D eigenvalue weighted by Crippen LogP contribution is 2.43. The number of hydrogen-bond acceptors (Lipinski definition) is 6. The fourth-order valence-electron chi connectivity index (χ4n) is 3.27. The quantitative estimate of drug-likeness (QED) is 0.634. The molecule has 2 unspecified atom stereocenters. The number of nitrogens with two attached hydrogens (primary N) is 1. The standard InChI is InChI=1S/C21H23N3O2S2/c1-3-4-10-28(25)20-18(22)17-15(27-20)11-16(21(2)12-26-13-23-21)24-19(17)14-8-6-5-7-9-14/h5-9,11,13H,3-4,10,12,22H2,1-2H3. The summed E-state index contributed by atoms with van der Waals surface area (Å²) >= 11 is 1.51. The van der Waals surface area contributed by atoms with E-state index in [2.05, 4.69) is 11.9 Å². The molecule has 0 bridgehead atoms. The van der Waals surface area contributed by atoms with Gasteiger partial charge in [-0.1, -0.05) is 43.7 Å². The molecule has 28 heavy (non-hydrogen) atoms. The second-order valence-electron chi connectivity index (χ2n) is 7.12. The van der Waals surface area contributed by atoms with E-state index >= 15 is 0 Å². The summed E-state index contributed by atoms with van der Waals surface area (Å²) in [6.45, 7) is 4.56. The Kier molecular flexibility index (Phi) is 5.21. The van der Waals surface area contributed by atoms with Gasteiger partial charge in [-0.15, -0.1) is 11.3 Å². The first-order valence-electron chi connectivity index (χ1n) is 9.36. The zero-order chi connectivity index (χ0) is 19.7. The molecule has 1 aliphatic heterocycles. The zero-order valence-corrected chi connectivity index (χ0v) is 17.6. The molecule has 0 amide bonds. The van der Waals surface area contributed by atoms with Crippen LogP contribution in [-0.4, -0.2) is 28.0 Å². The summed E-state index contributed by atoms with van der Waals surface area (Å²) < 4.78 is 19.9. The van der Waals surface area contributed by atoms with E-state index in [9.17, 15) is 4.21 Å². The number of thiophene rings is 1. The molecule has 2 N–H and O–H groups in total. The van der Waals surface area contributed by atoms with Crippen LogP contribution >= 0.6 is 11.3 Å². The van der Waals surface area contributed by atoms with E-state index in [-0.39, 0.29) is 0 Å². The van der Waals surface area contributed by atoms with Crippen LogP contribution in [0.2, 0.25) is 0 Å². The molecular weight excluding hydrogens is 390 g/mol. The zero-order valence-electron chi connectivity index (χ0n) is 16.0. The number of unbranched alkanes of at least 4 members (excludes halogenated alkanes) is 1. The van der Waals surface area contributed by atoms with Crippen LogP contribution in [-0.2, 0) is 21.1 Å². The summed E-state index contributed by atoms with van der Waals surface area (Å²) in [6, 6.07) is 12.0. The van der Waals surface area contributed by atoms with Gasteiger partial charge in [0.1, 0.15) is 16.4 Å². The Morgan fingerprint density at radius 3 is 2.79 bits per heavy atom. The van der Waals surface area contributed by atoms with Crippen LogP contribution in [0.1, 0.15) is 32.4 Å². The minimum atomic E-state index is -1.10. The molecule has 2 atom stereocenters. The van der Waals surface area contributed by atoms with Gasteiger partial charge < -0.3 is 10.5 Å². The third kappa shape index (κ3) is 3.33. The van der Waals surface area contributed by atoms with Crippen molar-refractivity contribution in [2.45, 2.75) is 36.4 Å². The Bertz CT molecular complexity index is 1060. The Balaban J connectivity index is 1.94. The van der Waals surface area contributed by atoms with Gasteiger partial charge in [-0.25, -0.2) is 9.98 Å². The van der Waals surface area contributed by atoms with Crippen LogP contribution in [0.25, 0.3) is 21.3 Å². The fourth-order valence-corrected chi connectivity index (χ4v) is 6.13. The Hall–Kier alpha value is -2.25. The van der Waals surface area contributed by atoms with Crippen molar-refractivity contribution in [3.05, 3.63) is 42.1 Å². The van der Waals surface area contributed by atoms with Gasteiger partial charge in [0, 0.05) is 21.4 Å². The second kappa shape index (κ2) is 7.64. The van der Waals surface area contributed by atoms with Crippen LogP contribution in [0, 0.1) is 0 Å². The Morgan fingerprint density at radius 2 is 2.11 bits per heavy atom. The molecule has 0 saturated heterocycles. The lowest BCUT2D eigenvalue weighted by molar-refractivity contribution is 0.273. The van der Waals surface area contributed by atoms with Gasteiger partial charge in [-0.2, -0.15) is 0 Å². The number of nitrogens with zero attached hydrogens (tertiary/aromatic N) is 2. The maximum absolute atomic E-state index is 12.8. The molecule has 7 heteroatoms. The van der Waals surface area contributed by atoms with Crippen molar-refractivity contribution < 1.29 is 8.95 Å². The molecule has 0 radical (unpaired) electrons. The van der Waals surface area contributed by atoms with Crippen molar-refractivity contribution >= 4 is 44.3 Å². The molecule has 3 heterocycles. The van der Waals surface area contributed by atoms with E-state index in [1.165, 1.54) is 17.7 Å². The first-order valence-corrected chi connectivity index (χ1v) is 11.5. The number of ether oxygens (including phenoxy) is 1. The normalized spacial score (nSPS) is 19.8. The van der Waals surface area contributed by atoms with Crippen molar-refractivity contribution in [3.63, 3.8) is 0 Å². The van der Waals surface area contributed by atoms with Gasteiger partial charge in [0.05, 0.1) is 27.9 Å². The monoisotopic (exact) mass is 413 g/mol. The molecule has 1 aromatic carbocycles. The molecule has 146 valence electrons. The largest absolute Gasteiger partial charge is 0.481 e. The molecule has 0 saturated carbocycles. The lowest BCUT2D eigenvalue weighted by atomic mass is 9.97. The minimum absolute atomic E-state index is 0.454. The maximum atomic E-state index is 12.8. The number of rotatable bonds is 6. The summed E-state index contributed by atoms with van der Waals surface area (Å²) in [5.41, 5.74) is 9.19. The lowest BCUT2D eigenvalue weighted by Crippen LogP contribution is -2.22. The van der Waals surface area contributed by atoms with Gasteiger partial charge >= 0.3 is 0 Å². The van der Waals surface area contributed by atoms with Crippen molar-refractivity contribution in [3.8, 4) is 11.3 Å². The molecule has 3 aromatic rings. The van der Waals surface area contributed by atoms with E-state index in [0.717, 1.165) is 44.1 Å². The van der Waals surface area contributed by atoms with Crippen molar-refractivity contribution in [1.29, 1.82) is 0 Å². The highest BCUT2D eigenvalue weighted by molar-refractivity contribution is 7.87. The molecule has 0 aliphatic carbocycles. The SMILES string of the molecule is CCCCS(=O)c1sc2cc(C3(C)COC=N3)nc(-c3ccccc3)c2c1N. The van der Waals surface area contributed by atoms with Crippen LogP contribution in [0.15, 0.2) is 45.6 Å². The number of anilines is 1. The molecule has 0 spiro atoms. The van der Waals surface area contributed by atoms with Crippen LogP contribution in [0.4, 0.5) is 5.69 Å². The number of fused-ring (bicyclic) bond motifs is 1. The number of benzene rings is 1. The lowest BCUT2D eigenvalue weighted by Gasteiger charge is -2.19.